The highest BCUT2D eigenvalue weighted by Gasteiger charge is 2.24. The Bertz CT molecular complexity index is 1040. The van der Waals surface area contributed by atoms with E-state index in [0.717, 1.165) is 25.9 Å². The normalized spacial score (nSPS) is 12.5. The highest BCUT2D eigenvalue weighted by molar-refractivity contribution is 5.97. The maximum atomic E-state index is 12.2. The number of allylic oxidation sites excluding steroid dienone is 2. The predicted octanol–water partition coefficient (Wildman–Crippen LogP) is 3.68. The molecule has 0 unspecified atom stereocenters. The van der Waals surface area contributed by atoms with E-state index in [2.05, 4.69) is 17.9 Å². The van der Waals surface area contributed by atoms with Crippen LogP contribution in [0.5, 0.6) is 23.0 Å². The Hall–Kier alpha value is -3.94. The minimum absolute atomic E-state index is 0.00891. The quantitative estimate of drug-likeness (QED) is 0.386. The number of hydrogen-bond donors (Lipinski definition) is 4. The second kappa shape index (κ2) is 11.6. The van der Waals surface area contributed by atoms with Gasteiger partial charge in [-0.2, -0.15) is 0 Å². The Morgan fingerprint density at radius 3 is 1.79 bits per heavy atom. The van der Waals surface area contributed by atoms with Crippen molar-refractivity contribution in [3.63, 3.8) is 0 Å². The number of nitrogens with zero attached hydrogens (tertiary/aromatic N) is 1. The number of likely N-dealkylation sites (tertiary alicyclic amines) is 1. The molecule has 176 valence electrons. The van der Waals surface area contributed by atoms with Gasteiger partial charge < -0.3 is 30.1 Å². The van der Waals surface area contributed by atoms with Crippen LogP contribution in [0.1, 0.15) is 44.7 Å². The summed E-state index contributed by atoms with van der Waals surface area (Å²) in [4.78, 5) is 25.1. The van der Waals surface area contributed by atoms with Crippen molar-refractivity contribution in [1.82, 2.24) is 4.90 Å². The lowest BCUT2D eigenvalue weighted by atomic mass is 10.0. The molecule has 1 amide bonds. The number of esters is 1. The van der Waals surface area contributed by atoms with Crippen LogP contribution in [-0.2, 0) is 17.6 Å². The van der Waals surface area contributed by atoms with Crippen molar-refractivity contribution < 1.29 is 34.8 Å². The molecule has 2 aromatic rings. The maximum absolute atomic E-state index is 12.2. The van der Waals surface area contributed by atoms with Crippen LogP contribution in [0, 0.1) is 0 Å². The Morgan fingerprint density at radius 2 is 1.33 bits per heavy atom. The number of amides is 1. The molecule has 3 rings (SSSR count). The van der Waals surface area contributed by atoms with Crippen LogP contribution in [0.3, 0.4) is 0 Å². The molecule has 0 saturated carbocycles. The van der Waals surface area contributed by atoms with E-state index >= 15 is 0 Å². The number of benzene rings is 2. The molecule has 2 aromatic carbocycles. The number of rotatable bonds is 6. The van der Waals surface area contributed by atoms with Gasteiger partial charge in [-0.3, -0.25) is 4.79 Å². The third-order valence-electron chi connectivity index (χ3n) is 5.24. The fourth-order valence-electron chi connectivity index (χ4n) is 3.48. The Morgan fingerprint density at radius 1 is 0.879 bits per heavy atom. The third-order valence-corrected chi connectivity index (χ3v) is 5.24. The number of carbonyl (C=O) groups is 2. The monoisotopic (exact) mass is 455 g/mol. The van der Waals surface area contributed by atoms with Crippen molar-refractivity contribution in [1.29, 1.82) is 0 Å². The standard InChI is InChI=1S/C14H17NO3.C11H12O4/c1-2-5-10-12(16)7-6-11(13(10)17)14(18)15-8-3-4-9-15;1-3-4-7-9(12)6-5-8(10(7)13)11(14)15-2/h2,6-7,16-17H,1,3-5,8-9H2;3,5-6,12-13H,1,4H2,2H3. The number of carbonyl (C=O) groups excluding carboxylic acids is 2. The van der Waals surface area contributed by atoms with Crippen molar-refractivity contribution in [2.75, 3.05) is 20.2 Å². The molecule has 0 atom stereocenters. The maximum Gasteiger partial charge on any atom is 0.341 e. The first-order valence-electron chi connectivity index (χ1n) is 10.4. The van der Waals surface area contributed by atoms with Crippen molar-refractivity contribution in [3.05, 3.63) is 71.8 Å². The Balaban J connectivity index is 0.000000238. The summed E-state index contributed by atoms with van der Waals surface area (Å²) in [6.45, 7) is 8.53. The van der Waals surface area contributed by atoms with Gasteiger partial charge in [0.2, 0.25) is 0 Å². The van der Waals surface area contributed by atoms with E-state index in [1.807, 2.05) is 0 Å². The SMILES string of the molecule is C=CCc1c(O)ccc(C(=O)N2CCCC2)c1O.C=CCc1c(O)ccc(C(=O)OC)c1O. The summed E-state index contributed by atoms with van der Waals surface area (Å²) in [5.41, 5.74) is 0.918. The molecule has 0 aliphatic carbocycles. The van der Waals surface area contributed by atoms with Crippen molar-refractivity contribution in [2.45, 2.75) is 25.7 Å². The van der Waals surface area contributed by atoms with E-state index in [-0.39, 0.29) is 52.0 Å². The summed E-state index contributed by atoms with van der Waals surface area (Å²) in [5.74, 6) is -1.29. The summed E-state index contributed by atoms with van der Waals surface area (Å²) in [6.07, 6.45) is 5.73. The molecule has 0 spiro atoms. The zero-order valence-corrected chi connectivity index (χ0v) is 18.6. The van der Waals surface area contributed by atoms with E-state index in [9.17, 15) is 30.0 Å². The van der Waals surface area contributed by atoms with Gasteiger partial charge in [0.25, 0.3) is 5.91 Å². The molecule has 1 heterocycles. The Labute approximate surface area is 192 Å². The molecule has 4 N–H and O–H groups in total. The van der Waals surface area contributed by atoms with Gasteiger partial charge in [-0.1, -0.05) is 12.2 Å². The van der Waals surface area contributed by atoms with E-state index in [1.165, 1.54) is 37.5 Å². The third kappa shape index (κ3) is 5.85. The van der Waals surface area contributed by atoms with Gasteiger partial charge in [0.1, 0.15) is 28.6 Å². The van der Waals surface area contributed by atoms with Gasteiger partial charge in [-0.05, 0) is 49.9 Å². The first-order valence-corrected chi connectivity index (χ1v) is 10.4. The molecule has 1 aliphatic rings. The van der Waals surface area contributed by atoms with E-state index in [0.29, 0.717) is 12.0 Å². The van der Waals surface area contributed by atoms with Crippen LogP contribution in [0.2, 0.25) is 0 Å². The van der Waals surface area contributed by atoms with E-state index in [1.54, 1.807) is 11.0 Å². The van der Waals surface area contributed by atoms with Gasteiger partial charge >= 0.3 is 5.97 Å². The molecule has 8 heteroatoms. The number of ether oxygens (including phenoxy) is 1. The summed E-state index contributed by atoms with van der Waals surface area (Å²) < 4.78 is 4.48. The number of phenolic OH excluding ortho intramolecular Hbond substituents is 4. The zero-order chi connectivity index (χ0) is 24.5. The second-order valence-electron chi connectivity index (χ2n) is 7.40. The average Bonchev–Trinajstić information content (AvgIpc) is 3.34. The highest BCUT2D eigenvalue weighted by Crippen LogP contribution is 2.33. The summed E-state index contributed by atoms with van der Waals surface area (Å²) >= 11 is 0. The first-order chi connectivity index (χ1) is 15.8. The molecular formula is C25H29NO7. The summed E-state index contributed by atoms with van der Waals surface area (Å²) in [5, 5.41) is 38.9. The van der Waals surface area contributed by atoms with Crippen molar-refractivity contribution in [3.8, 4) is 23.0 Å². The van der Waals surface area contributed by atoms with Crippen LogP contribution < -0.4 is 0 Å². The molecule has 1 fully saturated rings. The van der Waals surface area contributed by atoms with Crippen molar-refractivity contribution in [2.24, 2.45) is 0 Å². The zero-order valence-electron chi connectivity index (χ0n) is 18.6. The van der Waals surface area contributed by atoms with Gasteiger partial charge in [0.05, 0.1) is 12.7 Å². The fourth-order valence-corrected chi connectivity index (χ4v) is 3.48. The smallest absolute Gasteiger partial charge is 0.341 e. The molecule has 0 radical (unpaired) electrons. The number of hydrogen-bond acceptors (Lipinski definition) is 7. The van der Waals surface area contributed by atoms with E-state index < -0.39 is 5.97 Å². The first kappa shape index (κ1) is 25.3. The Kier molecular flexibility index (Phi) is 8.91. The minimum atomic E-state index is -0.641. The molecule has 1 aliphatic heterocycles. The van der Waals surface area contributed by atoms with Crippen LogP contribution in [0.15, 0.2) is 49.6 Å². The van der Waals surface area contributed by atoms with Gasteiger partial charge in [-0.15, -0.1) is 13.2 Å². The van der Waals surface area contributed by atoms with Crippen LogP contribution in [0.25, 0.3) is 0 Å². The second-order valence-corrected chi connectivity index (χ2v) is 7.40. The topological polar surface area (TPSA) is 128 Å². The lowest BCUT2D eigenvalue weighted by molar-refractivity contribution is 0.0597. The number of phenols is 4. The van der Waals surface area contributed by atoms with Crippen LogP contribution in [0.4, 0.5) is 0 Å². The van der Waals surface area contributed by atoms with Crippen LogP contribution >= 0.6 is 0 Å². The molecule has 1 saturated heterocycles. The molecule has 0 bridgehead atoms. The molecule has 8 nitrogen and oxygen atoms in total. The van der Waals surface area contributed by atoms with Gasteiger partial charge in [-0.25, -0.2) is 4.79 Å². The molecule has 0 aromatic heterocycles. The van der Waals surface area contributed by atoms with Crippen molar-refractivity contribution >= 4 is 11.9 Å². The minimum Gasteiger partial charge on any atom is -0.508 e. The predicted molar refractivity (Wildman–Crippen MR) is 124 cm³/mol. The fraction of sp³-hybridized carbons (Fsp3) is 0.280. The number of methoxy groups -OCH3 is 1. The number of aromatic hydroxyl groups is 4. The highest BCUT2D eigenvalue weighted by atomic mass is 16.5. The van der Waals surface area contributed by atoms with Crippen LogP contribution in [-0.4, -0.2) is 57.4 Å². The van der Waals surface area contributed by atoms with E-state index in [4.69, 9.17) is 0 Å². The molecule has 33 heavy (non-hydrogen) atoms. The summed E-state index contributed by atoms with van der Waals surface area (Å²) in [7, 11) is 1.22. The lowest BCUT2D eigenvalue weighted by Crippen LogP contribution is -2.27. The van der Waals surface area contributed by atoms with Gasteiger partial charge in [0.15, 0.2) is 0 Å². The summed E-state index contributed by atoms with van der Waals surface area (Å²) in [6, 6.07) is 5.56. The lowest BCUT2D eigenvalue weighted by Gasteiger charge is -2.17. The molecular weight excluding hydrogens is 426 g/mol. The average molecular weight is 456 g/mol. The largest absolute Gasteiger partial charge is 0.508 e. The van der Waals surface area contributed by atoms with Gasteiger partial charge in [0, 0.05) is 24.2 Å².